The Morgan fingerprint density at radius 2 is 1.91 bits per heavy atom. The standard InChI is InChI=1S/C20H21NO2/c1-4-23-20(22)17-10-15-9-16(11-17)19(13(2)3)21-12-14-7-5-6-8-18(14)15/h5-11,13H,4,12H2,1-3H3. The molecule has 0 aliphatic carbocycles. The number of benzene rings is 2. The van der Waals surface area contributed by atoms with Gasteiger partial charge in [-0.05, 0) is 53.3 Å². The van der Waals surface area contributed by atoms with Gasteiger partial charge in [-0.3, -0.25) is 4.99 Å². The maximum Gasteiger partial charge on any atom is 0.338 e. The van der Waals surface area contributed by atoms with Gasteiger partial charge in [-0.1, -0.05) is 38.1 Å². The lowest BCUT2D eigenvalue weighted by molar-refractivity contribution is 0.0526. The van der Waals surface area contributed by atoms with E-state index in [4.69, 9.17) is 9.73 Å². The van der Waals surface area contributed by atoms with Crippen molar-refractivity contribution in [1.29, 1.82) is 0 Å². The molecular weight excluding hydrogens is 286 g/mol. The third kappa shape index (κ3) is 3.04. The number of rotatable bonds is 3. The Balaban J connectivity index is 2.22. The van der Waals surface area contributed by atoms with Gasteiger partial charge < -0.3 is 4.74 Å². The van der Waals surface area contributed by atoms with Gasteiger partial charge in [-0.2, -0.15) is 0 Å². The lowest BCUT2D eigenvalue weighted by Crippen LogP contribution is -2.14. The van der Waals surface area contributed by atoms with Crippen LogP contribution in [0, 0.1) is 5.92 Å². The van der Waals surface area contributed by atoms with Gasteiger partial charge in [0.05, 0.1) is 18.7 Å². The first-order chi connectivity index (χ1) is 11.1. The summed E-state index contributed by atoms with van der Waals surface area (Å²) < 4.78 is 5.18. The van der Waals surface area contributed by atoms with Crippen LogP contribution in [0.3, 0.4) is 0 Å². The molecule has 1 aliphatic heterocycles. The zero-order valence-corrected chi connectivity index (χ0v) is 13.8. The quantitative estimate of drug-likeness (QED) is 0.784. The summed E-state index contributed by atoms with van der Waals surface area (Å²) in [5.74, 6) is 0.0160. The predicted molar refractivity (Wildman–Crippen MR) is 92.9 cm³/mol. The smallest absolute Gasteiger partial charge is 0.338 e. The molecular formula is C20H21NO2. The van der Waals surface area contributed by atoms with E-state index in [2.05, 4.69) is 32.0 Å². The van der Waals surface area contributed by atoms with E-state index >= 15 is 0 Å². The molecule has 0 saturated heterocycles. The number of hydrogen-bond acceptors (Lipinski definition) is 3. The molecule has 0 aromatic heterocycles. The van der Waals surface area contributed by atoms with Crippen molar-refractivity contribution in [3.8, 4) is 11.1 Å². The van der Waals surface area contributed by atoms with E-state index in [0.29, 0.717) is 24.6 Å². The van der Waals surface area contributed by atoms with E-state index in [1.54, 1.807) is 0 Å². The molecule has 3 heteroatoms. The minimum absolute atomic E-state index is 0.281. The van der Waals surface area contributed by atoms with Gasteiger partial charge in [-0.25, -0.2) is 4.79 Å². The van der Waals surface area contributed by atoms with E-state index in [-0.39, 0.29) is 5.97 Å². The largest absolute Gasteiger partial charge is 0.462 e. The fourth-order valence-corrected chi connectivity index (χ4v) is 2.98. The van der Waals surface area contributed by atoms with Crippen LogP contribution in [0.4, 0.5) is 0 Å². The molecule has 23 heavy (non-hydrogen) atoms. The topological polar surface area (TPSA) is 38.7 Å². The molecule has 1 aliphatic rings. The van der Waals surface area contributed by atoms with Gasteiger partial charge in [0, 0.05) is 5.71 Å². The molecule has 0 radical (unpaired) electrons. The second-order valence-corrected chi connectivity index (χ2v) is 6.03. The fraction of sp³-hybridized carbons (Fsp3) is 0.300. The number of esters is 1. The molecule has 2 aromatic carbocycles. The summed E-state index contributed by atoms with van der Waals surface area (Å²) in [6.45, 7) is 7.12. The number of ether oxygens (including phenoxy) is 1. The zero-order valence-electron chi connectivity index (χ0n) is 13.8. The van der Waals surface area contributed by atoms with Crippen LogP contribution < -0.4 is 0 Å². The average Bonchev–Trinajstić information content (AvgIpc) is 2.54. The number of fused-ring (bicyclic) bond motifs is 4. The van der Waals surface area contributed by atoms with Crippen molar-refractivity contribution < 1.29 is 9.53 Å². The Hall–Kier alpha value is -2.42. The first-order valence-corrected chi connectivity index (χ1v) is 8.05. The van der Waals surface area contributed by atoms with Crippen molar-refractivity contribution in [3.05, 3.63) is 59.2 Å². The molecule has 3 rings (SSSR count). The van der Waals surface area contributed by atoms with Crippen LogP contribution >= 0.6 is 0 Å². The minimum atomic E-state index is -0.281. The van der Waals surface area contributed by atoms with Crippen LogP contribution in [-0.2, 0) is 11.3 Å². The third-order valence-electron chi connectivity index (χ3n) is 4.03. The van der Waals surface area contributed by atoms with Gasteiger partial charge in [-0.15, -0.1) is 0 Å². The number of nitrogens with zero attached hydrogens (tertiary/aromatic N) is 1. The molecule has 0 N–H and O–H groups in total. The molecule has 0 unspecified atom stereocenters. The summed E-state index contributed by atoms with van der Waals surface area (Å²) in [6, 6.07) is 14.2. The van der Waals surface area contributed by atoms with Gasteiger partial charge in [0.25, 0.3) is 0 Å². The summed E-state index contributed by atoms with van der Waals surface area (Å²) in [5.41, 5.74) is 5.99. The van der Waals surface area contributed by atoms with Crippen LogP contribution in [0.25, 0.3) is 11.1 Å². The van der Waals surface area contributed by atoms with Crippen LogP contribution in [0.2, 0.25) is 0 Å². The average molecular weight is 307 g/mol. The highest BCUT2D eigenvalue weighted by molar-refractivity contribution is 6.05. The second-order valence-electron chi connectivity index (χ2n) is 6.03. The molecule has 0 spiro atoms. The van der Waals surface area contributed by atoms with Gasteiger partial charge in [0.2, 0.25) is 0 Å². The SMILES string of the molecule is CCOC(=O)c1cc2cc(c1)-c1ccccc1CN=C2C(C)C. The molecule has 0 atom stereocenters. The first kappa shape index (κ1) is 15.5. The van der Waals surface area contributed by atoms with Crippen molar-refractivity contribution in [2.75, 3.05) is 6.61 Å². The zero-order chi connectivity index (χ0) is 16.4. The summed E-state index contributed by atoms with van der Waals surface area (Å²) in [6.07, 6.45) is 0. The second kappa shape index (κ2) is 6.37. The van der Waals surface area contributed by atoms with Crippen molar-refractivity contribution >= 4 is 11.7 Å². The van der Waals surface area contributed by atoms with Crippen LogP contribution in [-0.4, -0.2) is 18.3 Å². The Morgan fingerprint density at radius 3 is 2.65 bits per heavy atom. The fourth-order valence-electron chi connectivity index (χ4n) is 2.98. The maximum absolute atomic E-state index is 12.2. The van der Waals surface area contributed by atoms with E-state index < -0.39 is 0 Å². The highest BCUT2D eigenvalue weighted by Gasteiger charge is 2.18. The first-order valence-electron chi connectivity index (χ1n) is 8.05. The van der Waals surface area contributed by atoms with Gasteiger partial charge in [0.1, 0.15) is 0 Å². The summed E-state index contributed by atoms with van der Waals surface area (Å²) >= 11 is 0. The monoisotopic (exact) mass is 307 g/mol. The number of carbonyl (C=O) groups is 1. The Labute approximate surface area is 137 Å². The molecule has 0 fully saturated rings. The maximum atomic E-state index is 12.2. The van der Waals surface area contributed by atoms with E-state index in [9.17, 15) is 4.79 Å². The van der Waals surface area contributed by atoms with Crippen molar-refractivity contribution in [3.63, 3.8) is 0 Å². The molecule has 2 aromatic rings. The normalized spacial score (nSPS) is 13.0. The Bertz CT molecular complexity index is 775. The van der Waals surface area contributed by atoms with E-state index in [1.807, 2.05) is 31.2 Å². The summed E-state index contributed by atoms with van der Waals surface area (Å²) in [7, 11) is 0. The van der Waals surface area contributed by atoms with Crippen molar-refractivity contribution in [1.82, 2.24) is 0 Å². The highest BCUT2D eigenvalue weighted by Crippen LogP contribution is 2.30. The van der Waals surface area contributed by atoms with Gasteiger partial charge >= 0.3 is 5.97 Å². The molecule has 118 valence electrons. The number of carbonyl (C=O) groups excluding carboxylic acids is 1. The Morgan fingerprint density at radius 1 is 1.17 bits per heavy atom. The lowest BCUT2D eigenvalue weighted by Gasteiger charge is -2.19. The van der Waals surface area contributed by atoms with Crippen LogP contribution in [0.5, 0.6) is 0 Å². The summed E-state index contributed by atoms with van der Waals surface area (Å²) in [4.78, 5) is 17.0. The molecule has 0 saturated carbocycles. The Kier molecular flexibility index (Phi) is 4.28. The van der Waals surface area contributed by atoms with Crippen LogP contribution in [0.15, 0.2) is 47.5 Å². The third-order valence-corrected chi connectivity index (χ3v) is 4.03. The van der Waals surface area contributed by atoms with Crippen molar-refractivity contribution in [2.45, 2.75) is 27.3 Å². The molecule has 2 bridgehead atoms. The van der Waals surface area contributed by atoms with Crippen molar-refractivity contribution in [2.24, 2.45) is 10.9 Å². The predicted octanol–water partition coefficient (Wildman–Crippen LogP) is 4.49. The van der Waals surface area contributed by atoms with E-state index in [1.165, 1.54) is 5.56 Å². The molecule has 1 heterocycles. The lowest BCUT2D eigenvalue weighted by atomic mass is 9.90. The number of aliphatic imine (C=N–C) groups is 1. The van der Waals surface area contributed by atoms with Crippen LogP contribution in [0.1, 0.15) is 42.3 Å². The van der Waals surface area contributed by atoms with Gasteiger partial charge in [0.15, 0.2) is 0 Å². The van der Waals surface area contributed by atoms with E-state index in [0.717, 1.165) is 22.4 Å². The highest BCUT2D eigenvalue weighted by atomic mass is 16.5. The number of hydrogen-bond donors (Lipinski definition) is 0. The summed E-state index contributed by atoms with van der Waals surface area (Å²) in [5, 5.41) is 0. The minimum Gasteiger partial charge on any atom is -0.462 e. The molecule has 3 nitrogen and oxygen atoms in total. The molecule has 0 amide bonds.